The van der Waals surface area contributed by atoms with Crippen molar-refractivity contribution in [2.24, 2.45) is 0 Å². The fourth-order valence-electron chi connectivity index (χ4n) is 3.97. The van der Waals surface area contributed by atoms with Gasteiger partial charge in [-0.1, -0.05) is 24.3 Å². The van der Waals surface area contributed by atoms with E-state index in [2.05, 4.69) is 4.98 Å². The lowest BCUT2D eigenvalue weighted by molar-refractivity contribution is -0.122. The van der Waals surface area contributed by atoms with Crippen molar-refractivity contribution in [3.8, 4) is 5.75 Å². The zero-order valence-corrected chi connectivity index (χ0v) is 18.6. The number of aromatic nitrogens is 1. The van der Waals surface area contributed by atoms with E-state index >= 15 is 0 Å². The van der Waals surface area contributed by atoms with E-state index in [0.29, 0.717) is 23.6 Å². The molecule has 1 fully saturated rings. The second kappa shape index (κ2) is 9.65. The molecule has 168 valence electrons. The lowest BCUT2D eigenvalue weighted by atomic mass is 10.1. The van der Waals surface area contributed by atoms with Crippen molar-refractivity contribution in [1.82, 2.24) is 9.88 Å². The average Bonchev–Trinajstić information content (AvgIpc) is 3.12. The number of carbonyl (C=O) groups is 3. The molecule has 1 aromatic heterocycles. The third-order valence-corrected chi connectivity index (χ3v) is 5.62. The highest BCUT2D eigenvalue weighted by Gasteiger charge is 2.44. The van der Waals surface area contributed by atoms with Gasteiger partial charge in [-0.25, -0.2) is 4.90 Å². The second-order valence-electron chi connectivity index (χ2n) is 7.82. The fourth-order valence-corrected chi connectivity index (χ4v) is 3.97. The summed E-state index contributed by atoms with van der Waals surface area (Å²) >= 11 is 0. The number of hydrogen-bond acceptors (Lipinski definition) is 5. The minimum atomic E-state index is -0.906. The highest BCUT2D eigenvalue weighted by atomic mass is 16.5. The minimum Gasteiger partial charge on any atom is -0.494 e. The van der Waals surface area contributed by atoms with Crippen molar-refractivity contribution in [3.05, 3.63) is 89.7 Å². The monoisotopic (exact) mass is 443 g/mol. The molecule has 0 radical (unpaired) electrons. The zero-order chi connectivity index (χ0) is 23.4. The summed E-state index contributed by atoms with van der Waals surface area (Å²) in [6.07, 6.45) is 3.22. The summed E-state index contributed by atoms with van der Waals surface area (Å²) in [5.74, 6) is -0.403. The van der Waals surface area contributed by atoms with Gasteiger partial charge < -0.3 is 9.64 Å². The largest absolute Gasteiger partial charge is 0.494 e. The van der Waals surface area contributed by atoms with E-state index in [0.717, 1.165) is 16.0 Å². The number of imide groups is 1. The molecule has 2 heterocycles. The van der Waals surface area contributed by atoms with Crippen LogP contribution in [-0.2, 0) is 16.1 Å². The third kappa shape index (κ3) is 4.62. The predicted octanol–water partition coefficient (Wildman–Crippen LogP) is 3.76. The number of nitrogens with zero attached hydrogens (tertiary/aromatic N) is 3. The lowest BCUT2D eigenvalue weighted by Gasteiger charge is -2.28. The Morgan fingerprint density at radius 3 is 2.52 bits per heavy atom. The molecule has 0 spiro atoms. The van der Waals surface area contributed by atoms with Gasteiger partial charge in [0.2, 0.25) is 5.91 Å². The Morgan fingerprint density at radius 2 is 1.85 bits per heavy atom. The van der Waals surface area contributed by atoms with Crippen molar-refractivity contribution in [2.45, 2.75) is 32.9 Å². The molecule has 3 amide bonds. The number of pyridine rings is 1. The zero-order valence-electron chi connectivity index (χ0n) is 18.6. The molecule has 0 saturated carbocycles. The fraction of sp³-hybridized carbons (Fsp3) is 0.231. The highest BCUT2D eigenvalue weighted by Crippen LogP contribution is 2.29. The second-order valence-corrected chi connectivity index (χ2v) is 7.82. The first-order valence-corrected chi connectivity index (χ1v) is 10.8. The van der Waals surface area contributed by atoms with Crippen LogP contribution < -0.4 is 9.64 Å². The van der Waals surface area contributed by atoms with Crippen molar-refractivity contribution in [3.63, 3.8) is 0 Å². The third-order valence-electron chi connectivity index (χ3n) is 5.62. The van der Waals surface area contributed by atoms with E-state index < -0.39 is 11.9 Å². The summed E-state index contributed by atoms with van der Waals surface area (Å²) in [4.78, 5) is 46.7. The maximum atomic E-state index is 13.6. The molecule has 1 unspecified atom stereocenters. The first kappa shape index (κ1) is 22.2. The summed E-state index contributed by atoms with van der Waals surface area (Å²) in [6.45, 7) is 4.42. The number of aryl methyl sites for hydroxylation is 1. The summed E-state index contributed by atoms with van der Waals surface area (Å²) in [5.41, 5.74) is 2.54. The molecule has 1 aliphatic rings. The molecule has 7 heteroatoms. The van der Waals surface area contributed by atoms with Crippen LogP contribution in [0.1, 0.15) is 34.8 Å². The summed E-state index contributed by atoms with van der Waals surface area (Å²) in [5, 5.41) is 0. The molecular formula is C26H25N3O4. The molecule has 1 saturated heterocycles. The number of ether oxygens (including phenoxy) is 1. The number of carbonyl (C=O) groups excluding carboxylic acids is 3. The number of benzene rings is 2. The van der Waals surface area contributed by atoms with Crippen LogP contribution in [0.2, 0.25) is 0 Å². The van der Waals surface area contributed by atoms with Crippen LogP contribution in [0, 0.1) is 6.92 Å². The van der Waals surface area contributed by atoms with Crippen molar-refractivity contribution >= 4 is 23.4 Å². The minimum absolute atomic E-state index is 0.0794. The molecule has 4 rings (SSSR count). The number of rotatable bonds is 7. The summed E-state index contributed by atoms with van der Waals surface area (Å²) in [6, 6.07) is 16.7. The Balaban J connectivity index is 1.66. The lowest BCUT2D eigenvalue weighted by Crippen LogP contribution is -2.45. The molecule has 0 bridgehead atoms. The first-order chi connectivity index (χ1) is 16.0. The maximum Gasteiger partial charge on any atom is 0.257 e. The van der Waals surface area contributed by atoms with Crippen LogP contribution >= 0.6 is 0 Å². The molecule has 1 atom stereocenters. The van der Waals surface area contributed by atoms with Crippen molar-refractivity contribution in [1.29, 1.82) is 0 Å². The van der Waals surface area contributed by atoms with Crippen LogP contribution in [0.4, 0.5) is 5.69 Å². The molecule has 33 heavy (non-hydrogen) atoms. The van der Waals surface area contributed by atoms with Crippen LogP contribution in [0.5, 0.6) is 5.75 Å². The van der Waals surface area contributed by atoms with Crippen LogP contribution in [0.25, 0.3) is 0 Å². The molecule has 7 nitrogen and oxygen atoms in total. The van der Waals surface area contributed by atoms with E-state index in [1.54, 1.807) is 54.9 Å². The molecule has 2 aromatic carbocycles. The summed E-state index contributed by atoms with van der Waals surface area (Å²) in [7, 11) is 0. The van der Waals surface area contributed by atoms with Gasteiger partial charge in [0, 0.05) is 24.5 Å². The Hall–Kier alpha value is -4.00. The van der Waals surface area contributed by atoms with Gasteiger partial charge in [0.15, 0.2) is 0 Å². The van der Waals surface area contributed by atoms with Gasteiger partial charge in [0.05, 0.1) is 18.7 Å². The van der Waals surface area contributed by atoms with Crippen molar-refractivity contribution in [2.75, 3.05) is 11.5 Å². The quantitative estimate of drug-likeness (QED) is 0.520. The Bertz CT molecular complexity index is 1160. The highest BCUT2D eigenvalue weighted by molar-refractivity contribution is 6.23. The normalized spacial score (nSPS) is 15.6. The van der Waals surface area contributed by atoms with E-state index in [4.69, 9.17) is 4.74 Å². The van der Waals surface area contributed by atoms with E-state index in [9.17, 15) is 14.4 Å². The van der Waals surface area contributed by atoms with Gasteiger partial charge >= 0.3 is 0 Å². The Kier molecular flexibility index (Phi) is 6.49. The van der Waals surface area contributed by atoms with Gasteiger partial charge in [-0.3, -0.25) is 19.4 Å². The van der Waals surface area contributed by atoms with Crippen LogP contribution in [-0.4, -0.2) is 40.3 Å². The Labute approximate surface area is 192 Å². The van der Waals surface area contributed by atoms with Crippen LogP contribution in [0.15, 0.2) is 73.1 Å². The van der Waals surface area contributed by atoms with E-state index in [1.807, 2.05) is 32.0 Å². The number of amides is 3. The molecule has 3 aromatic rings. The first-order valence-electron chi connectivity index (χ1n) is 10.8. The van der Waals surface area contributed by atoms with Gasteiger partial charge in [-0.15, -0.1) is 0 Å². The standard InChI is InChI=1S/C26H25N3O4/c1-3-33-21-12-10-20(11-13-21)29-24(30)15-23(26(29)32)28(17-19-8-6-14-27-16-19)25(31)22-9-5-4-7-18(22)2/h4-14,16,23H,3,15,17H2,1-2H3. The van der Waals surface area contributed by atoms with E-state index in [-0.39, 0.29) is 24.8 Å². The molecule has 1 aliphatic heterocycles. The van der Waals surface area contributed by atoms with Crippen molar-refractivity contribution < 1.29 is 19.1 Å². The SMILES string of the molecule is CCOc1ccc(N2C(=O)CC(N(Cc3cccnc3)C(=O)c3ccccc3C)C2=O)cc1. The van der Waals surface area contributed by atoms with Crippen LogP contribution in [0.3, 0.4) is 0 Å². The Morgan fingerprint density at radius 1 is 1.09 bits per heavy atom. The van der Waals surface area contributed by atoms with Gasteiger partial charge in [-0.05, 0) is 61.4 Å². The van der Waals surface area contributed by atoms with Gasteiger partial charge in [0.25, 0.3) is 11.8 Å². The molecular weight excluding hydrogens is 418 g/mol. The average molecular weight is 444 g/mol. The molecule has 0 N–H and O–H groups in total. The number of anilines is 1. The number of hydrogen-bond donors (Lipinski definition) is 0. The van der Waals surface area contributed by atoms with E-state index in [1.165, 1.54) is 4.90 Å². The summed E-state index contributed by atoms with van der Waals surface area (Å²) < 4.78 is 5.45. The predicted molar refractivity (Wildman–Crippen MR) is 124 cm³/mol. The van der Waals surface area contributed by atoms with Gasteiger partial charge in [-0.2, -0.15) is 0 Å². The van der Waals surface area contributed by atoms with Gasteiger partial charge in [0.1, 0.15) is 11.8 Å². The maximum absolute atomic E-state index is 13.6. The topological polar surface area (TPSA) is 79.8 Å². The molecule has 0 aliphatic carbocycles. The smallest absolute Gasteiger partial charge is 0.257 e.